The molecule has 2 rings (SSSR count). The Morgan fingerprint density at radius 3 is 2.65 bits per heavy atom. The van der Waals surface area contributed by atoms with Gasteiger partial charge in [-0.15, -0.1) is 13.2 Å². The van der Waals surface area contributed by atoms with Gasteiger partial charge in [0.25, 0.3) is 0 Å². The summed E-state index contributed by atoms with van der Waals surface area (Å²) in [5, 5.41) is 0. The van der Waals surface area contributed by atoms with Crippen LogP contribution in [0.4, 0.5) is 18.9 Å². The van der Waals surface area contributed by atoms with Crippen LogP contribution in [0.3, 0.4) is 0 Å². The SMILES string of the molecule is CC1=CCN(C(N)=NC(N)=Nc2cccc(OC(F)(F)F)c2)C1. The Bertz CT molecular complexity index is 667. The fraction of sp³-hybridized carbons (Fsp3) is 0.286. The Morgan fingerprint density at radius 2 is 2.04 bits per heavy atom. The van der Waals surface area contributed by atoms with Crippen molar-refractivity contribution in [3.05, 3.63) is 35.9 Å². The molecule has 0 amide bonds. The van der Waals surface area contributed by atoms with Crippen molar-refractivity contribution < 1.29 is 17.9 Å². The van der Waals surface area contributed by atoms with Crippen LogP contribution < -0.4 is 16.2 Å². The molecule has 0 fully saturated rings. The number of ether oxygens (including phenoxy) is 1. The smallest absolute Gasteiger partial charge is 0.406 e. The molecule has 0 aromatic heterocycles. The van der Waals surface area contributed by atoms with E-state index in [0.717, 1.165) is 11.6 Å². The van der Waals surface area contributed by atoms with Crippen molar-refractivity contribution >= 4 is 17.6 Å². The largest absolute Gasteiger partial charge is 0.573 e. The molecule has 0 radical (unpaired) electrons. The minimum absolute atomic E-state index is 0.156. The first-order valence-electron chi connectivity index (χ1n) is 6.67. The van der Waals surface area contributed by atoms with Crippen LogP contribution in [0.1, 0.15) is 6.92 Å². The number of hydrogen-bond acceptors (Lipinski definition) is 2. The molecule has 0 atom stereocenters. The molecule has 9 heteroatoms. The number of alkyl halides is 3. The lowest BCUT2D eigenvalue weighted by molar-refractivity contribution is -0.274. The summed E-state index contributed by atoms with van der Waals surface area (Å²) in [6.45, 7) is 3.25. The first-order valence-corrected chi connectivity index (χ1v) is 6.67. The van der Waals surface area contributed by atoms with Gasteiger partial charge in [0.2, 0.25) is 5.96 Å². The molecule has 1 aromatic rings. The first kappa shape index (κ1) is 16.7. The van der Waals surface area contributed by atoms with Crippen molar-refractivity contribution in [3.63, 3.8) is 0 Å². The summed E-state index contributed by atoms with van der Waals surface area (Å²) in [6.07, 6.45) is -2.76. The summed E-state index contributed by atoms with van der Waals surface area (Å²) in [4.78, 5) is 9.65. The summed E-state index contributed by atoms with van der Waals surface area (Å²) >= 11 is 0. The van der Waals surface area contributed by atoms with Crippen molar-refractivity contribution in [2.24, 2.45) is 21.5 Å². The van der Waals surface area contributed by atoms with E-state index >= 15 is 0 Å². The minimum Gasteiger partial charge on any atom is -0.406 e. The Kier molecular flexibility index (Phi) is 4.77. The van der Waals surface area contributed by atoms with E-state index in [0.29, 0.717) is 13.1 Å². The van der Waals surface area contributed by atoms with Crippen LogP contribution in [0.25, 0.3) is 0 Å². The maximum atomic E-state index is 12.2. The van der Waals surface area contributed by atoms with Gasteiger partial charge in [0.15, 0.2) is 5.96 Å². The minimum atomic E-state index is -4.77. The quantitative estimate of drug-likeness (QED) is 0.494. The highest BCUT2D eigenvalue weighted by Crippen LogP contribution is 2.26. The number of rotatable bonds is 2. The van der Waals surface area contributed by atoms with E-state index in [-0.39, 0.29) is 23.4 Å². The van der Waals surface area contributed by atoms with Gasteiger partial charge < -0.3 is 21.1 Å². The van der Waals surface area contributed by atoms with Crippen LogP contribution in [-0.4, -0.2) is 36.3 Å². The predicted octanol–water partition coefficient (Wildman–Crippen LogP) is 2.11. The zero-order valence-electron chi connectivity index (χ0n) is 12.3. The second-order valence-corrected chi connectivity index (χ2v) is 4.92. The Hall–Kier alpha value is -2.71. The van der Waals surface area contributed by atoms with Gasteiger partial charge in [0.1, 0.15) is 5.75 Å². The zero-order chi connectivity index (χ0) is 17.0. The molecule has 1 aromatic carbocycles. The molecule has 1 heterocycles. The van der Waals surface area contributed by atoms with Crippen molar-refractivity contribution in [3.8, 4) is 5.75 Å². The predicted molar refractivity (Wildman–Crippen MR) is 81.4 cm³/mol. The summed E-state index contributed by atoms with van der Waals surface area (Å²) in [6, 6.07) is 5.12. The molecule has 0 saturated carbocycles. The van der Waals surface area contributed by atoms with Gasteiger partial charge in [0.05, 0.1) is 5.69 Å². The number of halogens is 3. The molecule has 124 valence electrons. The van der Waals surface area contributed by atoms with E-state index in [1.54, 1.807) is 4.90 Å². The lowest BCUT2D eigenvalue weighted by atomic mass is 10.3. The Balaban J connectivity index is 2.10. The normalized spacial score (nSPS) is 16.5. The van der Waals surface area contributed by atoms with Crippen LogP contribution in [0.15, 0.2) is 45.9 Å². The van der Waals surface area contributed by atoms with Gasteiger partial charge in [-0.2, -0.15) is 4.99 Å². The van der Waals surface area contributed by atoms with E-state index in [4.69, 9.17) is 11.5 Å². The first-order chi connectivity index (χ1) is 10.7. The van der Waals surface area contributed by atoms with E-state index in [1.807, 2.05) is 13.0 Å². The van der Waals surface area contributed by atoms with Crippen LogP contribution in [0.5, 0.6) is 5.75 Å². The summed E-state index contributed by atoms with van der Waals surface area (Å²) in [5.41, 5.74) is 12.8. The molecule has 0 aliphatic carbocycles. The zero-order valence-corrected chi connectivity index (χ0v) is 12.3. The second-order valence-electron chi connectivity index (χ2n) is 4.92. The molecule has 0 saturated heterocycles. The molecular weight excluding hydrogens is 311 g/mol. The lowest BCUT2D eigenvalue weighted by Gasteiger charge is -2.16. The van der Waals surface area contributed by atoms with Crippen LogP contribution in [0, 0.1) is 0 Å². The van der Waals surface area contributed by atoms with E-state index < -0.39 is 6.36 Å². The van der Waals surface area contributed by atoms with Crippen molar-refractivity contribution in [2.75, 3.05) is 13.1 Å². The summed E-state index contributed by atoms with van der Waals surface area (Å²) in [7, 11) is 0. The number of benzene rings is 1. The molecule has 1 aliphatic heterocycles. The van der Waals surface area contributed by atoms with E-state index in [2.05, 4.69) is 14.7 Å². The summed E-state index contributed by atoms with van der Waals surface area (Å²) in [5.74, 6) is -0.346. The van der Waals surface area contributed by atoms with Crippen molar-refractivity contribution in [1.82, 2.24) is 4.90 Å². The van der Waals surface area contributed by atoms with E-state index in [1.165, 1.54) is 18.2 Å². The average Bonchev–Trinajstić information content (AvgIpc) is 2.83. The summed E-state index contributed by atoms with van der Waals surface area (Å²) < 4.78 is 40.4. The van der Waals surface area contributed by atoms with Gasteiger partial charge in [-0.25, -0.2) is 4.99 Å². The average molecular weight is 327 g/mol. The molecule has 6 nitrogen and oxygen atoms in total. The molecule has 4 N–H and O–H groups in total. The highest BCUT2D eigenvalue weighted by atomic mass is 19.4. The van der Waals surface area contributed by atoms with Gasteiger partial charge in [-0.05, 0) is 19.1 Å². The molecule has 1 aliphatic rings. The molecule has 0 bridgehead atoms. The van der Waals surface area contributed by atoms with Crippen molar-refractivity contribution in [2.45, 2.75) is 13.3 Å². The monoisotopic (exact) mass is 327 g/mol. The topological polar surface area (TPSA) is 89.2 Å². The van der Waals surface area contributed by atoms with Gasteiger partial charge in [-0.1, -0.05) is 17.7 Å². The third-order valence-electron chi connectivity index (χ3n) is 2.95. The number of guanidine groups is 2. The van der Waals surface area contributed by atoms with Crippen molar-refractivity contribution in [1.29, 1.82) is 0 Å². The number of nitrogens with zero attached hydrogens (tertiary/aromatic N) is 3. The molecule has 23 heavy (non-hydrogen) atoms. The molecule has 0 unspecified atom stereocenters. The molecule has 0 spiro atoms. The third-order valence-corrected chi connectivity index (χ3v) is 2.95. The van der Waals surface area contributed by atoms with E-state index in [9.17, 15) is 13.2 Å². The number of aliphatic imine (C=N–C) groups is 2. The standard InChI is InChI=1S/C14H16F3N5O/c1-9-5-6-22(8-9)13(19)21-12(18)20-10-3-2-4-11(7-10)23-14(15,16)17/h2-5,7H,6,8H2,1H3,(H4,18,19,20,21). The highest BCUT2D eigenvalue weighted by molar-refractivity contribution is 5.94. The number of nitrogens with two attached hydrogens (primary N) is 2. The Morgan fingerprint density at radius 1 is 1.30 bits per heavy atom. The Labute approximate surface area is 130 Å². The van der Waals surface area contributed by atoms with Crippen LogP contribution in [0.2, 0.25) is 0 Å². The lowest BCUT2D eigenvalue weighted by Crippen LogP contribution is -2.37. The maximum Gasteiger partial charge on any atom is 0.573 e. The van der Waals surface area contributed by atoms with Gasteiger partial charge in [-0.3, -0.25) is 0 Å². The highest BCUT2D eigenvalue weighted by Gasteiger charge is 2.31. The third kappa shape index (κ3) is 5.20. The van der Waals surface area contributed by atoms with Gasteiger partial charge >= 0.3 is 6.36 Å². The van der Waals surface area contributed by atoms with Crippen LogP contribution in [-0.2, 0) is 0 Å². The fourth-order valence-corrected chi connectivity index (χ4v) is 1.97. The molecular formula is C14H16F3N5O. The van der Waals surface area contributed by atoms with Gasteiger partial charge in [0, 0.05) is 19.2 Å². The number of hydrogen-bond donors (Lipinski definition) is 2. The fourth-order valence-electron chi connectivity index (χ4n) is 1.97. The maximum absolute atomic E-state index is 12.2. The second kappa shape index (κ2) is 6.59. The van der Waals surface area contributed by atoms with Crippen LogP contribution >= 0.6 is 0 Å².